The maximum Gasteiger partial charge on any atom is 0.258 e. The molecule has 0 aliphatic heterocycles. The molecule has 0 saturated carbocycles. The van der Waals surface area contributed by atoms with E-state index in [0.717, 1.165) is 5.75 Å². The zero-order valence-electron chi connectivity index (χ0n) is 10.4. The van der Waals surface area contributed by atoms with Crippen LogP contribution < -0.4 is 10.1 Å². The average Bonchev–Trinajstić information content (AvgIpc) is 2.42. The van der Waals surface area contributed by atoms with E-state index in [2.05, 4.69) is 10.3 Å². The third-order valence-electron chi connectivity index (χ3n) is 2.44. The lowest BCUT2D eigenvalue weighted by Crippen LogP contribution is -2.12. The second-order valence-corrected chi connectivity index (χ2v) is 4.17. The lowest BCUT2D eigenvalue weighted by molar-refractivity contribution is 0.102. The normalized spacial score (nSPS) is 10.0. The molecule has 0 bridgehead atoms. The van der Waals surface area contributed by atoms with Crippen LogP contribution in [0.25, 0.3) is 0 Å². The van der Waals surface area contributed by atoms with Crippen LogP contribution >= 0.6 is 11.6 Å². The molecular formula is C14H13ClN2O2. The maximum atomic E-state index is 12.0. The van der Waals surface area contributed by atoms with Crippen molar-refractivity contribution in [3.8, 4) is 5.75 Å². The number of hydrogen-bond acceptors (Lipinski definition) is 3. The minimum absolute atomic E-state index is 0.290. The SMILES string of the molecule is CCOc1ccc(NC(=O)c2cnccc2Cl)cc1. The molecule has 1 aromatic carbocycles. The van der Waals surface area contributed by atoms with Crippen molar-refractivity contribution in [3.05, 3.63) is 53.3 Å². The highest BCUT2D eigenvalue weighted by atomic mass is 35.5. The Morgan fingerprint density at radius 2 is 2.05 bits per heavy atom. The summed E-state index contributed by atoms with van der Waals surface area (Å²) in [5, 5.41) is 3.12. The fourth-order valence-corrected chi connectivity index (χ4v) is 1.74. The molecule has 5 heteroatoms. The van der Waals surface area contributed by atoms with Crippen LogP contribution in [0.3, 0.4) is 0 Å². The van der Waals surface area contributed by atoms with Crippen LogP contribution in [0.15, 0.2) is 42.7 Å². The summed E-state index contributed by atoms with van der Waals surface area (Å²) in [5.74, 6) is 0.474. The molecule has 0 spiro atoms. The van der Waals surface area contributed by atoms with Gasteiger partial charge in [0, 0.05) is 18.1 Å². The number of rotatable bonds is 4. The van der Waals surface area contributed by atoms with Gasteiger partial charge in [0.15, 0.2) is 0 Å². The van der Waals surface area contributed by atoms with E-state index in [1.165, 1.54) is 12.4 Å². The molecule has 0 unspecified atom stereocenters. The summed E-state index contributed by atoms with van der Waals surface area (Å²) in [4.78, 5) is 15.9. The molecule has 0 aliphatic carbocycles. The number of aromatic nitrogens is 1. The molecule has 4 nitrogen and oxygen atoms in total. The number of benzene rings is 1. The number of ether oxygens (including phenoxy) is 1. The monoisotopic (exact) mass is 276 g/mol. The van der Waals surface area contributed by atoms with Crippen molar-refractivity contribution >= 4 is 23.2 Å². The molecule has 98 valence electrons. The Bertz CT molecular complexity index is 570. The van der Waals surface area contributed by atoms with Crippen LogP contribution in [0.4, 0.5) is 5.69 Å². The van der Waals surface area contributed by atoms with Crippen molar-refractivity contribution in [2.75, 3.05) is 11.9 Å². The Balaban J connectivity index is 2.09. The minimum atomic E-state index is -0.290. The Labute approximate surface area is 116 Å². The molecule has 1 N–H and O–H groups in total. The first-order valence-corrected chi connectivity index (χ1v) is 6.22. The highest BCUT2D eigenvalue weighted by Gasteiger charge is 2.10. The molecule has 2 aromatic rings. The first-order valence-electron chi connectivity index (χ1n) is 5.84. The van der Waals surface area contributed by atoms with Gasteiger partial charge in [-0.15, -0.1) is 0 Å². The Morgan fingerprint density at radius 3 is 2.68 bits per heavy atom. The molecule has 19 heavy (non-hydrogen) atoms. The van der Waals surface area contributed by atoms with Gasteiger partial charge in [-0.25, -0.2) is 0 Å². The predicted molar refractivity (Wildman–Crippen MR) is 74.8 cm³/mol. The summed E-state index contributed by atoms with van der Waals surface area (Å²) in [6, 6.07) is 8.71. The first-order chi connectivity index (χ1) is 9.20. The van der Waals surface area contributed by atoms with Crippen molar-refractivity contribution in [2.24, 2.45) is 0 Å². The fraction of sp³-hybridized carbons (Fsp3) is 0.143. The first kappa shape index (κ1) is 13.4. The molecule has 0 saturated heterocycles. The molecule has 1 aromatic heterocycles. The number of carbonyl (C=O) groups excluding carboxylic acids is 1. The van der Waals surface area contributed by atoms with Gasteiger partial charge < -0.3 is 10.1 Å². The van der Waals surface area contributed by atoms with Gasteiger partial charge in [0.05, 0.1) is 17.2 Å². The fourth-order valence-electron chi connectivity index (χ4n) is 1.54. The smallest absolute Gasteiger partial charge is 0.258 e. The van der Waals surface area contributed by atoms with Crippen LogP contribution in [-0.4, -0.2) is 17.5 Å². The zero-order valence-corrected chi connectivity index (χ0v) is 11.1. The van der Waals surface area contributed by atoms with Crippen molar-refractivity contribution in [3.63, 3.8) is 0 Å². The maximum absolute atomic E-state index is 12.0. The number of anilines is 1. The van der Waals surface area contributed by atoms with E-state index in [1.54, 1.807) is 30.3 Å². The van der Waals surface area contributed by atoms with Gasteiger partial charge in [0.2, 0.25) is 0 Å². The number of pyridine rings is 1. The van der Waals surface area contributed by atoms with Crippen LogP contribution in [0, 0.1) is 0 Å². The third-order valence-corrected chi connectivity index (χ3v) is 2.77. The standard InChI is InChI=1S/C14H13ClN2O2/c1-2-19-11-5-3-10(4-6-11)17-14(18)12-9-16-8-7-13(12)15/h3-9H,2H2,1H3,(H,17,18). The Hall–Kier alpha value is -2.07. The summed E-state index contributed by atoms with van der Waals surface area (Å²) in [7, 11) is 0. The van der Waals surface area contributed by atoms with Gasteiger partial charge in [-0.2, -0.15) is 0 Å². The zero-order chi connectivity index (χ0) is 13.7. The molecule has 1 amide bonds. The molecule has 0 radical (unpaired) electrons. The van der Waals surface area contributed by atoms with E-state index in [4.69, 9.17) is 16.3 Å². The quantitative estimate of drug-likeness (QED) is 0.931. The van der Waals surface area contributed by atoms with Gasteiger partial charge in [-0.1, -0.05) is 11.6 Å². The Morgan fingerprint density at radius 1 is 1.32 bits per heavy atom. The molecule has 2 rings (SSSR count). The second-order valence-electron chi connectivity index (χ2n) is 3.77. The van der Waals surface area contributed by atoms with Gasteiger partial charge in [0.1, 0.15) is 5.75 Å². The summed E-state index contributed by atoms with van der Waals surface area (Å²) in [6.07, 6.45) is 2.97. The van der Waals surface area contributed by atoms with Crippen molar-refractivity contribution < 1.29 is 9.53 Å². The lowest BCUT2D eigenvalue weighted by atomic mass is 10.2. The van der Waals surface area contributed by atoms with Gasteiger partial charge in [-0.05, 0) is 37.3 Å². The number of halogens is 1. The van der Waals surface area contributed by atoms with Crippen LogP contribution in [-0.2, 0) is 0 Å². The van der Waals surface area contributed by atoms with Gasteiger partial charge >= 0.3 is 0 Å². The van der Waals surface area contributed by atoms with E-state index < -0.39 is 0 Å². The molecule has 0 aliphatic rings. The largest absolute Gasteiger partial charge is 0.494 e. The van der Waals surface area contributed by atoms with Crippen molar-refractivity contribution in [1.29, 1.82) is 0 Å². The van der Waals surface area contributed by atoms with E-state index in [-0.39, 0.29) is 5.91 Å². The lowest BCUT2D eigenvalue weighted by Gasteiger charge is -2.07. The summed E-state index contributed by atoms with van der Waals surface area (Å²) in [6.45, 7) is 2.52. The topological polar surface area (TPSA) is 51.2 Å². The van der Waals surface area contributed by atoms with Gasteiger partial charge in [-0.3, -0.25) is 9.78 Å². The second kappa shape index (κ2) is 6.20. The third kappa shape index (κ3) is 3.45. The minimum Gasteiger partial charge on any atom is -0.494 e. The van der Waals surface area contributed by atoms with E-state index in [0.29, 0.717) is 22.9 Å². The summed E-state index contributed by atoms with van der Waals surface area (Å²) in [5.41, 5.74) is 1.02. The highest BCUT2D eigenvalue weighted by Crippen LogP contribution is 2.18. The van der Waals surface area contributed by atoms with E-state index >= 15 is 0 Å². The average molecular weight is 277 g/mol. The molecule has 1 heterocycles. The molecular weight excluding hydrogens is 264 g/mol. The number of carbonyl (C=O) groups is 1. The molecule has 0 fully saturated rings. The van der Waals surface area contributed by atoms with Crippen LogP contribution in [0.2, 0.25) is 5.02 Å². The van der Waals surface area contributed by atoms with Gasteiger partial charge in [0.25, 0.3) is 5.91 Å². The number of hydrogen-bond donors (Lipinski definition) is 1. The predicted octanol–water partition coefficient (Wildman–Crippen LogP) is 3.39. The van der Waals surface area contributed by atoms with E-state index in [1.807, 2.05) is 6.92 Å². The van der Waals surface area contributed by atoms with Crippen molar-refractivity contribution in [2.45, 2.75) is 6.92 Å². The summed E-state index contributed by atoms with van der Waals surface area (Å²) < 4.78 is 5.33. The number of amides is 1. The number of nitrogens with zero attached hydrogens (tertiary/aromatic N) is 1. The Kier molecular flexibility index (Phi) is 4.36. The molecule has 0 atom stereocenters. The number of nitrogens with one attached hydrogen (secondary N) is 1. The van der Waals surface area contributed by atoms with Crippen molar-refractivity contribution in [1.82, 2.24) is 4.98 Å². The highest BCUT2D eigenvalue weighted by molar-refractivity contribution is 6.34. The summed E-state index contributed by atoms with van der Waals surface area (Å²) >= 11 is 5.93. The van der Waals surface area contributed by atoms with Crippen LogP contribution in [0.1, 0.15) is 17.3 Å². The van der Waals surface area contributed by atoms with Crippen LogP contribution in [0.5, 0.6) is 5.75 Å². The van der Waals surface area contributed by atoms with E-state index in [9.17, 15) is 4.79 Å².